The average molecular weight is 298 g/mol. The van der Waals surface area contributed by atoms with Crippen molar-refractivity contribution in [2.45, 2.75) is 13.0 Å². The number of thiocarbonyl (C=S) groups is 1. The van der Waals surface area contributed by atoms with E-state index in [1.807, 2.05) is 31.2 Å². The molecule has 0 fully saturated rings. The van der Waals surface area contributed by atoms with Crippen molar-refractivity contribution in [2.75, 3.05) is 5.32 Å². The van der Waals surface area contributed by atoms with Crippen LogP contribution in [-0.4, -0.2) is 9.97 Å². The maximum atomic E-state index is 5.92. The molecule has 2 heterocycles. The fraction of sp³-hybridized carbons (Fsp3) is 0.167. The second-order valence-electron chi connectivity index (χ2n) is 3.77. The van der Waals surface area contributed by atoms with Crippen LogP contribution in [0.25, 0.3) is 0 Å². The van der Waals surface area contributed by atoms with Crippen LogP contribution in [0.1, 0.15) is 23.4 Å². The van der Waals surface area contributed by atoms with Crippen LogP contribution in [0, 0.1) is 0 Å². The van der Waals surface area contributed by atoms with E-state index in [4.69, 9.17) is 29.6 Å². The molecular weight excluding hydrogens is 286 g/mol. The van der Waals surface area contributed by atoms with Crippen LogP contribution < -0.4 is 11.1 Å². The highest BCUT2D eigenvalue weighted by atomic mass is 35.5. The van der Waals surface area contributed by atoms with Gasteiger partial charge in [-0.05, 0) is 31.2 Å². The number of pyridine rings is 1. The van der Waals surface area contributed by atoms with Crippen molar-refractivity contribution in [3.63, 3.8) is 0 Å². The van der Waals surface area contributed by atoms with Crippen LogP contribution in [-0.2, 0) is 0 Å². The van der Waals surface area contributed by atoms with Gasteiger partial charge in [0.25, 0.3) is 0 Å². The molecule has 0 aliphatic heterocycles. The second-order valence-corrected chi connectivity index (χ2v) is 5.96. The molecule has 0 radical (unpaired) electrons. The van der Waals surface area contributed by atoms with Gasteiger partial charge in [-0.1, -0.05) is 23.8 Å². The van der Waals surface area contributed by atoms with E-state index in [9.17, 15) is 0 Å². The first-order valence-corrected chi connectivity index (χ1v) is 6.95. The summed E-state index contributed by atoms with van der Waals surface area (Å²) in [6.07, 6.45) is 1.71. The van der Waals surface area contributed by atoms with Gasteiger partial charge in [-0.25, -0.2) is 4.98 Å². The third kappa shape index (κ3) is 2.98. The lowest BCUT2D eigenvalue weighted by atomic mass is 10.2. The first-order chi connectivity index (χ1) is 8.58. The Bertz CT molecular complexity index is 568. The molecule has 1 atom stereocenters. The standard InChI is InChI=1S/C12H12ClN3S2/c1-7(9-4-5-10(13)18-9)16-12-8(11(14)17)3-2-6-15-12/h2-7H,1H3,(H2,14,17)(H,15,16). The van der Waals surface area contributed by atoms with E-state index in [0.717, 1.165) is 14.8 Å². The van der Waals surface area contributed by atoms with Gasteiger partial charge in [0.1, 0.15) is 10.8 Å². The minimum atomic E-state index is 0.102. The van der Waals surface area contributed by atoms with Crippen molar-refractivity contribution in [1.82, 2.24) is 4.98 Å². The molecule has 3 N–H and O–H groups in total. The number of nitrogens with two attached hydrogens (primary N) is 1. The number of hydrogen-bond acceptors (Lipinski definition) is 4. The molecule has 0 bridgehead atoms. The zero-order chi connectivity index (χ0) is 13.1. The number of anilines is 1. The summed E-state index contributed by atoms with van der Waals surface area (Å²) in [6.45, 7) is 2.04. The molecule has 0 spiro atoms. The molecule has 0 amide bonds. The highest BCUT2D eigenvalue weighted by Crippen LogP contribution is 2.29. The van der Waals surface area contributed by atoms with Crippen molar-refractivity contribution in [1.29, 1.82) is 0 Å². The third-order valence-electron chi connectivity index (χ3n) is 2.45. The molecule has 3 nitrogen and oxygen atoms in total. The van der Waals surface area contributed by atoms with Gasteiger partial charge in [-0.3, -0.25) is 0 Å². The molecule has 2 rings (SSSR count). The summed E-state index contributed by atoms with van der Waals surface area (Å²) in [5, 5.41) is 3.29. The van der Waals surface area contributed by atoms with Crippen LogP contribution in [0.3, 0.4) is 0 Å². The average Bonchev–Trinajstić information content (AvgIpc) is 2.76. The van der Waals surface area contributed by atoms with Gasteiger partial charge in [0, 0.05) is 11.1 Å². The highest BCUT2D eigenvalue weighted by molar-refractivity contribution is 7.80. The Morgan fingerprint density at radius 3 is 2.89 bits per heavy atom. The maximum absolute atomic E-state index is 5.92. The van der Waals surface area contributed by atoms with Crippen LogP contribution in [0.15, 0.2) is 30.5 Å². The molecule has 0 aliphatic rings. The highest BCUT2D eigenvalue weighted by Gasteiger charge is 2.12. The van der Waals surface area contributed by atoms with E-state index < -0.39 is 0 Å². The number of nitrogens with one attached hydrogen (secondary N) is 1. The van der Waals surface area contributed by atoms with Crippen LogP contribution >= 0.6 is 35.2 Å². The van der Waals surface area contributed by atoms with Crippen molar-refractivity contribution in [2.24, 2.45) is 5.73 Å². The molecular formula is C12H12ClN3S2. The van der Waals surface area contributed by atoms with Gasteiger partial charge < -0.3 is 11.1 Å². The van der Waals surface area contributed by atoms with Gasteiger partial charge in [0.05, 0.1) is 15.9 Å². The molecule has 0 saturated heterocycles. The predicted molar refractivity (Wildman–Crippen MR) is 81.5 cm³/mol. The summed E-state index contributed by atoms with van der Waals surface area (Å²) in [6, 6.07) is 7.64. The summed E-state index contributed by atoms with van der Waals surface area (Å²) in [7, 11) is 0. The summed E-state index contributed by atoms with van der Waals surface area (Å²) in [5.41, 5.74) is 6.42. The lowest BCUT2D eigenvalue weighted by Crippen LogP contribution is -2.15. The molecule has 0 aromatic carbocycles. The molecule has 94 valence electrons. The van der Waals surface area contributed by atoms with Crippen molar-refractivity contribution < 1.29 is 0 Å². The Morgan fingerprint density at radius 1 is 1.50 bits per heavy atom. The number of halogens is 1. The molecule has 1 unspecified atom stereocenters. The normalized spacial score (nSPS) is 12.1. The Morgan fingerprint density at radius 2 is 2.28 bits per heavy atom. The van der Waals surface area contributed by atoms with E-state index >= 15 is 0 Å². The van der Waals surface area contributed by atoms with Gasteiger partial charge in [0.15, 0.2) is 0 Å². The van der Waals surface area contributed by atoms with Gasteiger partial charge in [0.2, 0.25) is 0 Å². The number of hydrogen-bond donors (Lipinski definition) is 2. The SMILES string of the molecule is CC(Nc1ncccc1C(N)=S)c1ccc(Cl)s1. The molecule has 2 aromatic rings. The zero-order valence-corrected chi connectivity index (χ0v) is 12.1. The Labute approximate surface area is 120 Å². The van der Waals surface area contributed by atoms with Crippen molar-refractivity contribution in [3.8, 4) is 0 Å². The predicted octanol–water partition coefficient (Wildman–Crippen LogP) is 3.60. The fourth-order valence-electron chi connectivity index (χ4n) is 1.56. The summed E-state index contributed by atoms with van der Waals surface area (Å²) >= 11 is 12.5. The smallest absolute Gasteiger partial charge is 0.136 e. The minimum Gasteiger partial charge on any atom is -0.389 e. The van der Waals surface area contributed by atoms with E-state index in [2.05, 4.69) is 10.3 Å². The monoisotopic (exact) mass is 297 g/mol. The molecule has 0 saturated carbocycles. The number of aromatic nitrogens is 1. The quantitative estimate of drug-likeness (QED) is 0.847. The molecule has 18 heavy (non-hydrogen) atoms. The van der Waals surface area contributed by atoms with E-state index in [-0.39, 0.29) is 6.04 Å². The lowest BCUT2D eigenvalue weighted by molar-refractivity contribution is 0.896. The Balaban J connectivity index is 2.21. The lowest BCUT2D eigenvalue weighted by Gasteiger charge is -2.15. The first-order valence-electron chi connectivity index (χ1n) is 5.34. The second kappa shape index (κ2) is 5.65. The van der Waals surface area contributed by atoms with Crippen molar-refractivity contribution in [3.05, 3.63) is 45.2 Å². The van der Waals surface area contributed by atoms with E-state index in [1.165, 1.54) is 0 Å². The van der Waals surface area contributed by atoms with Gasteiger partial charge >= 0.3 is 0 Å². The van der Waals surface area contributed by atoms with Crippen LogP contribution in [0.2, 0.25) is 4.34 Å². The van der Waals surface area contributed by atoms with Gasteiger partial charge in [-0.2, -0.15) is 0 Å². The fourth-order valence-corrected chi connectivity index (χ4v) is 2.78. The van der Waals surface area contributed by atoms with E-state index in [0.29, 0.717) is 10.8 Å². The van der Waals surface area contributed by atoms with Crippen molar-refractivity contribution >= 4 is 46.0 Å². The number of rotatable bonds is 4. The minimum absolute atomic E-state index is 0.102. The Kier molecular flexibility index (Phi) is 4.16. The van der Waals surface area contributed by atoms with E-state index in [1.54, 1.807) is 17.5 Å². The Hall–Kier alpha value is -1.17. The molecule has 2 aromatic heterocycles. The summed E-state index contributed by atoms with van der Waals surface area (Å²) in [5.74, 6) is 0.696. The number of nitrogens with zero attached hydrogens (tertiary/aromatic N) is 1. The largest absolute Gasteiger partial charge is 0.389 e. The number of thiophene rings is 1. The molecule has 6 heteroatoms. The van der Waals surface area contributed by atoms with Crippen LogP contribution in [0.5, 0.6) is 0 Å². The maximum Gasteiger partial charge on any atom is 0.136 e. The summed E-state index contributed by atoms with van der Waals surface area (Å²) in [4.78, 5) is 5.74. The summed E-state index contributed by atoms with van der Waals surface area (Å²) < 4.78 is 0.772. The van der Waals surface area contributed by atoms with Gasteiger partial charge in [-0.15, -0.1) is 11.3 Å². The topological polar surface area (TPSA) is 50.9 Å². The zero-order valence-electron chi connectivity index (χ0n) is 9.68. The molecule has 0 aliphatic carbocycles. The van der Waals surface area contributed by atoms with Crippen LogP contribution in [0.4, 0.5) is 5.82 Å². The first kappa shape index (κ1) is 13.3. The third-order valence-corrected chi connectivity index (χ3v) is 4.08.